The lowest BCUT2D eigenvalue weighted by atomic mass is 9.73. The Bertz CT molecular complexity index is 469. The molecular formula is C14H19NO4. The number of nitrogens with one attached hydrogen (secondary N) is 1. The summed E-state index contributed by atoms with van der Waals surface area (Å²) in [6, 6.07) is 5.70. The molecule has 0 aliphatic heterocycles. The van der Waals surface area contributed by atoms with E-state index in [0.717, 1.165) is 24.8 Å². The lowest BCUT2D eigenvalue weighted by Crippen LogP contribution is -2.54. The minimum absolute atomic E-state index is 0.314. The molecule has 5 nitrogen and oxygen atoms in total. The fourth-order valence-corrected chi connectivity index (χ4v) is 2.56. The average Bonchev–Trinajstić information content (AvgIpc) is 2.35. The largest absolute Gasteiger partial charge is 0.493 e. The molecule has 0 saturated heterocycles. The minimum Gasteiger partial charge on any atom is -0.493 e. The summed E-state index contributed by atoms with van der Waals surface area (Å²) in [5.41, 5.74) is 0.733. The Morgan fingerprint density at radius 2 is 2.00 bits per heavy atom. The highest BCUT2D eigenvalue weighted by molar-refractivity contribution is 5.66. The summed E-state index contributed by atoms with van der Waals surface area (Å²) >= 11 is 0. The number of benzene rings is 1. The predicted octanol–water partition coefficient (Wildman–Crippen LogP) is 2.44. The number of carboxylic acid groups (broad SMARTS) is 1. The topological polar surface area (TPSA) is 67.8 Å². The summed E-state index contributed by atoms with van der Waals surface area (Å²) in [6.45, 7) is 0. The molecule has 0 spiro atoms. The Morgan fingerprint density at radius 3 is 2.47 bits per heavy atom. The molecule has 1 aliphatic rings. The van der Waals surface area contributed by atoms with Gasteiger partial charge in [0.2, 0.25) is 0 Å². The van der Waals surface area contributed by atoms with Crippen molar-refractivity contribution in [3.63, 3.8) is 0 Å². The van der Waals surface area contributed by atoms with E-state index in [4.69, 9.17) is 14.6 Å². The quantitative estimate of drug-likeness (QED) is 0.858. The number of hydrogen-bond donors (Lipinski definition) is 2. The second kappa shape index (κ2) is 5.38. The van der Waals surface area contributed by atoms with Gasteiger partial charge in [-0.1, -0.05) is 6.07 Å². The molecule has 1 aliphatic carbocycles. The van der Waals surface area contributed by atoms with Crippen molar-refractivity contribution in [2.45, 2.75) is 31.2 Å². The first-order chi connectivity index (χ1) is 9.08. The fraction of sp³-hybridized carbons (Fsp3) is 0.500. The van der Waals surface area contributed by atoms with Crippen molar-refractivity contribution in [2.75, 3.05) is 14.2 Å². The molecule has 5 heteroatoms. The molecule has 0 heterocycles. The molecule has 0 bridgehead atoms. The first-order valence-electron chi connectivity index (χ1n) is 6.30. The molecule has 0 atom stereocenters. The van der Waals surface area contributed by atoms with Crippen LogP contribution in [0.25, 0.3) is 0 Å². The van der Waals surface area contributed by atoms with Gasteiger partial charge in [0.1, 0.15) is 0 Å². The van der Waals surface area contributed by atoms with E-state index in [9.17, 15) is 4.79 Å². The fourth-order valence-electron chi connectivity index (χ4n) is 2.56. The number of methoxy groups -OCH3 is 2. The molecule has 2 rings (SSSR count). The molecule has 2 N–H and O–H groups in total. The first-order valence-corrected chi connectivity index (χ1v) is 6.30. The van der Waals surface area contributed by atoms with Gasteiger partial charge in [0.25, 0.3) is 0 Å². The zero-order valence-corrected chi connectivity index (χ0v) is 11.2. The van der Waals surface area contributed by atoms with Crippen molar-refractivity contribution < 1.29 is 19.4 Å². The number of carbonyl (C=O) groups is 1. The molecule has 0 aromatic heterocycles. The van der Waals surface area contributed by atoms with Crippen LogP contribution in [-0.4, -0.2) is 31.0 Å². The van der Waals surface area contributed by atoms with E-state index in [1.807, 2.05) is 18.2 Å². The summed E-state index contributed by atoms with van der Waals surface area (Å²) in [6.07, 6.45) is 2.55. The van der Waals surface area contributed by atoms with Gasteiger partial charge in [-0.3, -0.25) is 0 Å². The van der Waals surface area contributed by atoms with Crippen LogP contribution in [-0.2, 0) is 6.42 Å². The number of hydrogen-bond acceptors (Lipinski definition) is 3. The van der Waals surface area contributed by atoms with E-state index < -0.39 is 6.09 Å². The lowest BCUT2D eigenvalue weighted by molar-refractivity contribution is 0.144. The van der Waals surface area contributed by atoms with Gasteiger partial charge in [-0.05, 0) is 43.4 Å². The number of ether oxygens (including phenoxy) is 2. The zero-order chi connectivity index (χ0) is 13.9. The molecule has 1 amide bonds. The Labute approximate surface area is 112 Å². The maximum Gasteiger partial charge on any atom is 0.405 e. The molecule has 0 unspecified atom stereocenters. The molecule has 1 fully saturated rings. The van der Waals surface area contributed by atoms with Gasteiger partial charge in [0, 0.05) is 5.54 Å². The summed E-state index contributed by atoms with van der Waals surface area (Å²) < 4.78 is 10.5. The first kappa shape index (κ1) is 13.5. The van der Waals surface area contributed by atoms with Gasteiger partial charge < -0.3 is 19.9 Å². The highest BCUT2D eigenvalue weighted by atomic mass is 16.5. The van der Waals surface area contributed by atoms with E-state index in [0.29, 0.717) is 17.9 Å². The van der Waals surface area contributed by atoms with Crippen molar-refractivity contribution in [1.29, 1.82) is 0 Å². The van der Waals surface area contributed by atoms with Crippen molar-refractivity contribution in [3.8, 4) is 11.5 Å². The lowest BCUT2D eigenvalue weighted by Gasteiger charge is -2.42. The zero-order valence-electron chi connectivity index (χ0n) is 11.2. The Kier molecular flexibility index (Phi) is 3.83. The van der Waals surface area contributed by atoms with E-state index in [2.05, 4.69) is 5.32 Å². The third kappa shape index (κ3) is 2.92. The second-order valence-electron chi connectivity index (χ2n) is 4.93. The maximum absolute atomic E-state index is 10.9. The van der Waals surface area contributed by atoms with Gasteiger partial charge in [0.05, 0.1) is 14.2 Å². The number of amides is 1. The van der Waals surface area contributed by atoms with Crippen LogP contribution in [0, 0.1) is 0 Å². The summed E-state index contributed by atoms with van der Waals surface area (Å²) in [5, 5.41) is 11.6. The van der Waals surface area contributed by atoms with Crippen LogP contribution in [0.15, 0.2) is 18.2 Å². The molecule has 19 heavy (non-hydrogen) atoms. The van der Waals surface area contributed by atoms with Crippen molar-refractivity contribution >= 4 is 6.09 Å². The Hall–Kier alpha value is -1.91. The van der Waals surface area contributed by atoms with E-state index in [1.54, 1.807) is 14.2 Å². The summed E-state index contributed by atoms with van der Waals surface area (Å²) in [4.78, 5) is 10.9. The van der Waals surface area contributed by atoms with Gasteiger partial charge >= 0.3 is 6.09 Å². The van der Waals surface area contributed by atoms with Crippen LogP contribution in [0.3, 0.4) is 0 Å². The SMILES string of the molecule is COc1ccc(CC2(NC(=O)O)CCC2)cc1OC. The van der Waals surface area contributed by atoms with Crippen LogP contribution >= 0.6 is 0 Å². The van der Waals surface area contributed by atoms with E-state index in [1.165, 1.54) is 0 Å². The monoisotopic (exact) mass is 265 g/mol. The maximum atomic E-state index is 10.9. The second-order valence-corrected chi connectivity index (χ2v) is 4.93. The van der Waals surface area contributed by atoms with Gasteiger partial charge in [-0.25, -0.2) is 4.79 Å². The van der Waals surface area contributed by atoms with Gasteiger partial charge in [-0.2, -0.15) is 0 Å². The van der Waals surface area contributed by atoms with Crippen LogP contribution in [0.5, 0.6) is 11.5 Å². The molecule has 1 saturated carbocycles. The van der Waals surface area contributed by atoms with Crippen LogP contribution in [0.1, 0.15) is 24.8 Å². The molecule has 1 aromatic rings. The molecular weight excluding hydrogens is 246 g/mol. The third-order valence-electron chi connectivity index (χ3n) is 3.67. The number of rotatable bonds is 5. The third-order valence-corrected chi connectivity index (χ3v) is 3.67. The average molecular weight is 265 g/mol. The van der Waals surface area contributed by atoms with Crippen molar-refractivity contribution in [2.24, 2.45) is 0 Å². The van der Waals surface area contributed by atoms with E-state index in [-0.39, 0.29) is 5.54 Å². The Morgan fingerprint density at radius 1 is 1.32 bits per heavy atom. The minimum atomic E-state index is -0.958. The molecule has 1 aromatic carbocycles. The predicted molar refractivity (Wildman–Crippen MR) is 71.0 cm³/mol. The molecule has 104 valence electrons. The summed E-state index contributed by atoms with van der Waals surface area (Å²) in [7, 11) is 3.19. The van der Waals surface area contributed by atoms with Crippen LogP contribution in [0.2, 0.25) is 0 Å². The van der Waals surface area contributed by atoms with Crippen LogP contribution < -0.4 is 14.8 Å². The smallest absolute Gasteiger partial charge is 0.405 e. The van der Waals surface area contributed by atoms with Gasteiger partial charge in [-0.15, -0.1) is 0 Å². The Balaban J connectivity index is 2.16. The molecule has 0 radical (unpaired) electrons. The van der Waals surface area contributed by atoms with Crippen LogP contribution in [0.4, 0.5) is 4.79 Å². The summed E-state index contributed by atoms with van der Waals surface area (Å²) in [5.74, 6) is 1.35. The highest BCUT2D eigenvalue weighted by Gasteiger charge is 2.38. The standard InChI is InChI=1S/C14H19NO4/c1-18-11-5-4-10(8-12(11)19-2)9-14(6-3-7-14)15-13(16)17/h4-5,8,15H,3,6-7,9H2,1-2H3,(H,16,17). The van der Waals surface area contributed by atoms with Gasteiger partial charge in [0.15, 0.2) is 11.5 Å². The van der Waals surface area contributed by atoms with E-state index >= 15 is 0 Å². The van der Waals surface area contributed by atoms with Crippen molar-refractivity contribution in [3.05, 3.63) is 23.8 Å². The normalized spacial score (nSPS) is 16.3. The highest BCUT2D eigenvalue weighted by Crippen LogP contribution is 2.37. The van der Waals surface area contributed by atoms with Crippen molar-refractivity contribution in [1.82, 2.24) is 5.32 Å².